The highest BCUT2D eigenvalue weighted by Gasteiger charge is 2.34. The van der Waals surface area contributed by atoms with Crippen LogP contribution in [0.15, 0.2) is 60.7 Å². The molecule has 0 aliphatic heterocycles. The summed E-state index contributed by atoms with van der Waals surface area (Å²) in [5.74, 6) is 0. The number of benzene rings is 2. The highest BCUT2D eigenvalue weighted by atomic mass is 16.5. The molecule has 0 atom stereocenters. The summed E-state index contributed by atoms with van der Waals surface area (Å²) in [6.07, 6.45) is 3.11. The van der Waals surface area contributed by atoms with Crippen LogP contribution < -0.4 is 0 Å². The molecule has 23 heavy (non-hydrogen) atoms. The lowest BCUT2D eigenvalue weighted by Gasteiger charge is -2.36. The maximum atomic E-state index is 6.51. The monoisotopic (exact) mass is 311 g/mol. The van der Waals surface area contributed by atoms with Crippen LogP contribution in [0, 0.1) is 0 Å². The first-order valence-electron chi connectivity index (χ1n) is 8.59. The van der Waals surface area contributed by atoms with Crippen LogP contribution >= 0.6 is 0 Å². The van der Waals surface area contributed by atoms with Gasteiger partial charge in [0.2, 0.25) is 0 Å². The lowest BCUT2D eigenvalue weighted by atomic mass is 9.82. The van der Waals surface area contributed by atoms with E-state index in [4.69, 9.17) is 4.74 Å². The van der Waals surface area contributed by atoms with Crippen LogP contribution in [0.25, 0.3) is 0 Å². The molecule has 0 radical (unpaired) electrons. The van der Waals surface area contributed by atoms with Gasteiger partial charge >= 0.3 is 0 Å². The normalized spacial score (nSPS) is 11.8. The zero-order valence-corrected chi connectivity index (χ0v) is 14.7. The maximum absolute atomic E-state index is 6.51. The SMILES string of the molecule is CCCOC(CCCN(C)C)(c1ccccc1)c1ccccc1. The van der Waals surface area contributed by atoms with Gasteiger partial charge in [0.05, 0.1) is 0 Å². The Kier molecular flexibility index (Phi) is 6.82. The Bertz CT molecular complexity index is 511. The van der Waals surface area contributed by atoms with Crippen LogP contribution in [-0.4, -0.2) is 32.1 Å². The van der Waals surface area contributed by atoms with Gasteiger partial charge in [0.15, 0.2) is 0 Å². The van der Waals surface area contributed by atoms with E-state index in [-0.39, 0.29) is 5.60 Å². The van der Waals surface area contributed by atoms with E-state index in [9.17, 15) is 0 Å². The molecule has 0 aromatic heterocycles. The molecule has 2 aromatic rings. The van der Waals surface area contributed by atoms with Crippen LogP contribution in [-0.2, 0) is 10.3 Å². The van der Waals surface area contributed by atoms with Crippen molar-refractivity contribution >= 4 is 0 Å². The molecule has 0 spiro atoms. The zero-order chi connectivity index (χ0) is 16.5. The Morgan fingerprint density at radius 3 is 1.83 bits per heavy atom. The summed E-state index contributed by atoms with van der Waals surface area (Å²) in [6, 6.07) is 21.3. The molecule has 0 aliphatic carbocycles. The van der Waals surface area contributed by atoms with Gasteiger partial charge < -0.3 is 9.64 Å². The minimum Gasteiger partial charge on any atom is -0.366 e. The molecule has 0 heterocycles. The summed E-state index contributed by atoms with van der Waals surface area (Å²) in [4.78, 5) is 2.24. The van der Waals surface area contributed by atoms with Gasteiger partial charge in [-0.25, -0.2) is 0 Å². The molecule has 2 aromatic carbocycles. The molecular weight excluding hydrogens is 282 g/mol. The first-order valence-corrected chi connectivity index (χ1v) is 8.59. The quantitative estimate of drug-likeness (QED) is 0.665. The highest BCUT2D eigenvalue weighted by molar-refractivity contribution is 5.36. The van der Waals surface area contributed by atoms with Gasteiger partial charge in [-0.1, -0.05) is 67.6 Å². The van der Waals surface area contributed by atoms with E-state index in [1.54, 1.807) is 0 Å². The minimum atomic E-state index is -0.353. The maximum Gasteiger partial charge on any atom is 0.118 e. The Balaban J connectivity index is 2.40. The largest absolute Gasteiger partial charge is 0.366 e. The molecule has 0 fully saturated rings. The summed E-state index contributed by atoms with van der Waals surface area (Å²) >= 11 is 0. The molecule has 124 valence electrons. The molecule has 0 saturated carbocycles. The predicted octanol–water partition coefficient (Wildman–Crippen LogP) is 4.70. The van der Waals surface area contributed by atoms with E-state index in [1.807, 2.05) is 0 Å². The van der Waals surface area contributed by atoms with Crippen molar-refractivity contribution in [1.82, 2.24) is 4.90 Å². The Morgan fingerprint density at radius 2 is 1.39 bits per heavy atom. The van der Waals surface area contributed by atoms with Crippen molar-refractivity contribution in [3.63, 3.8) is 0 Å². The number of rotatable bonds is 9. The highest BCUT2D eigenvalue weighted by Crippen LogP contribution is 2.38. The van der Waals surface area contributed by atoms with Gasteiger partial charge in [0.25, 0.3) is 0 Å². The van der Waals surface area contributed by atoms with Gasteiger partial charge in [0, 0.05) is 6.61 Å². The van der Waals surface area contributed by atoms with Crippen LogP contribution in [0.5, 0.6) is 0 Å². The molecule has 0 N–H and O–H groups in total. The third kappa shape index (κ3) is 4.66. The van der Waals surface area contributed by atoms with E-state index in [0.29, 0.717) is 0 Å². The average Bonchev–Trinajstić information content (AvgIpc) is 2.59. The number of ether oxygens (including phenoxy) is 1. The molecule has 0 bridgehead atoms. The predicted molar refractivity (Wildman–Crippen MR) is 97.7 cm³/mol. The molecule has 2 heteroatoms. The summed E-state index contributed by atoms with van der Waals surface area (Å²) < 4.78 is 6.51. The summed E-state index contributed by atoms with van der Waals surface area (Å²) in [5, 5.41) is 0. The van der Waals surface area contributed by atoms with E-state index >= 15 is 0 Å². The molecule has 0 amide bonds. The van der Waals surface area contributed by atoms with E-state index in [1.165, 1.54) is 11.1 Å². The average molecular weight is 311 g/mol. The van der Waals surface area contributed by atoms with Crippen molar-refractivity contribution in [2.24, 2.45) is 0 Å². The molecule has 0 unspecified atom stereocenters. The van der Waals surface area contributed by atoms with Gasteiger partial charge in [-0.05, 0) is 51.0 Å². The van der Waals surface area contributed by atoms with Crippen LogP contribution in [0.4, 0.5) is 0 Å². The zero-order valence-electron chi connectivity index (χ0n) is 14.7. The van der Waals surface area contributed by atoms with Crippen molar-refractivity contribution in [3.8, 4) is 0 Å². The van der Waals surface area contributed by atoms with Gasteiger partial charge in [-0.15, -0.1) is 0 Å². The second kappa shape index (κ2) is 8.85. The number of hydrogen-bond acceptors (Lipinski definition) is 2. The van der Waals surface area contributed by atoms with Crippen LogP contribution in [0.1, 0.15) is 37.3 Å². The number of nitrogens with zero attached hydrogens (tertiary/aromatic N) is 1. The van der Waals surface area contributed by atoms with E-state index in [2.05, 4.69) is 86.6 Å². The van der Waals surface area contributed by atoms with Crippen molar-refractivity contribution in [3.05, 3.63) is 71.8 Å². The Labute approximate surface area is 141 Å². The fourth-order valence-electron chi connectivity index (χ4n) is 3.03. The van der Waals surface area contributed by atoms with Gasteiger partial charge in [-0.3, -0.25) is 0 Å². The van der Waals surface area contributed by atoms with Crippen molar-refractivity contribution in [2.75, 3.05) is 27.2 Å². The molecule has 2 nitrogen and oxygen atoms in total. The third-order valence-corrected chi connectivity index (χ3v) is 4.17. The topological polar surface area (TPSA) is 12.5 Å². The first-order chi connectivity index (χ1) is 11.2. The van der Waals surface area contributed by atoms with Crippen molar-refractivity contribution < 1.29 is 4.74 Å². The smallest absolute Gasteiger partial charge is 0.118 e. The third-order valence-electron chi connectivity index (χ3n) is 4.17. The minimum absolute atomic E-state index is 0.353. The van der Waals surface area contributed by atoms with Crippen LogP contribution in [0.2, 0.25) is 0 Å². The standard InChI is InChI=1S/C21H29NO/c1-4-18-23-21(16-11-17-22(2)3,19-12-7-5-8-13-19)20-14-9-6-10-15-20/h5-10,12-15H,4,11,16-18H2,1-3H3. The Morgan fingerprint density at radius 1 is 0.870 bits per heavy atom. The second-order valence-corrected chi connectivity index (χ2v) is 6.31. The number of hydrogen-bond donors (Lipinski definition) is 0. The lowest BCUT2D eigenvalue weighted by molar-refractivity contribution is -0.0268. The second-order valence-electron chi connectivity index (χ2n) is 6.31. The summed E-state index contributed by atoms with van der Waals surface area (Å²) in [5.41, 5.74) is 2.14. The molecule has 2 rings (SSSR count). The summed E-state index contributed by atoms with van der Waals surface area (Å²) in [7, 11) is 4.25. The van der Waals surface area contributed by atoms with E-state index < -0.39 is 0 Å². The van der Waals surface area contributed by atoms with Crippen molar-refractivity contribution in [1.29, 1.82) is 0 Å². The molecule has 0 saturated heterocycles. The van der Waals surface area contributed by atoms with Gasteiger partial charge in [0.1, 0.15) is 5.60 Å². The first kappa shape index (κ1) is 17.7. The van der Waals surface area contributed by atoms with Crippen molar-refractivity contribution in [2.45, 2.75) is 31.8 Å². The lowest BCUT2D eigenvalue weighted by Crippen LogP contribution is -2.33. The summed E-state index contributed by atoms with van der Waals surface area (Å²) in [6.45, 7) is 4.00. The fraction of sp³-hybridized carbons (Fsp3) is 0.429. The van der Waals surface area contributed by atoms with Gasteiger partial charge in [-0.2, -0.15) is 0 Å². The molecular formula is C21H29NO. The van der Waals surface area contributed by atoms with E-state index in [0.717, 1.165) is 32.4 Å². The van der Waals surface area contributed by atoms with Crippen LogP contribution in [0.3, 0.4) is 0 Å². The molecule has 0 aliphatic rings. The Hall–Kier alpha value is -1.64. The fourth-order valence-corrected chi connectivity index (χ4v) is 3.03.